The fourth-order valence-corrected chi connectivity index (χ4v) is 3.30. The van der Waals surface area contributed by atoms with Crippen LogP contribution in [0.1, 0.15) is 12.5 Å². The maximum atomic E-state index is 13.2. The van der Waals surface area contributed by atoms with E-state index in [1.165, 1.54) is 12.1 Å². The van der Waals surface area contributed by atoms with Crippen LogP contribution in [0.15, 0.2) is 48.5 Å². The third-order valence-electron chi connectivity index (χ3n) is 4.81. The topological polar surface area (TPSA) is 61.9 Å². The van der Waals surface area contributed by atoms with Gasteiger partial charge in [-0.15, -0.1) is 0 Å². The van der Waals surface area contributed by atoms with Crippen molar-refractivity contribution in [2.24, 2.45) is 0 Å². The minimum atomic E-state index is -0.570. The number of hydrogen-bond donors (Lipinski definition) is 1. The maximum absolute atomic E-state index is 13.2. The molecule has 1 unspecified atom stereocenters. The summed E-state index contributed by atoms with van der Waals surface area (Å²) < 4.78 is 19.0. The van der Waals surface area contributed by atoms with E-state index in [0.717, 1.165) is 5.56 Å². The van der Waals surface area contributed by atoms with Gasteiger partial charge < -0.3 is 15.0 Å². The van der Waals surface area contributed by atoms with Gasteiger partial charge in [-0.3, -0.25) is 14.5 Å². The highest BCUT2D eigenvalue weighted by Crippen LogP contribution is 2.16. The quantitative estimate of drug-likeness (QED) is 0.811. The number of halogens is 1. The Bertz CT molecular complexity index is 866. The molecule has 2 aromatic carbocycles. The second-order valence-corrected chi connectivity index (χ2v) is 7.24. The monoisotopic (exact) mass is 399 g/mol. The van der Waals surface area contributed by atoms with E-state index in [4.69, 9.17) is 4.74 Å². The standard InChI is InChI=1S/C22H26FN3O3/c1-16-5-3-8-20(13-16)29-17(2)22(28)26-11-9-25(10-12-26)15-21(27)24-19-7-4-6-18(23)14-19/h3-8,13-14,17H,9-12,15H2,1-2H3,(H,24,27). The Morgan fingerprint density at radius 1 is 1.10 bits per heavy atom. The van der Waals surface area contributed by atoms with E-state index in [-0.39, 0.29) is 18.4 Å². The van der Waals surface area contributed by atoms with Gasteiger partial charge in [-0.05, 0) is 49.7 Å². The minimum Gasteiger partial charge on any atom is -0.481 e. The maximum Gasteiger partial charge on any atom is 0.263 e. The fraction of sp³-hybridized carbons (Fsp3) is 0.364. The highest BCUT2D eigenvalue weighted by atomic mass is 19.1. The number of carbonyl (C=O) groups excluding carboxylic acids is 2. The molecule has 1 heterocycles. The third-order valence-corrected chi connectivity index (χ3v) is 4.81. The van der Waals surface area contributed by atoms with Crippen LogP contribution in [0, 0.1) is 12.7 Å². The molecule has 29 heavy (non-hydrogen) atoms. The number of aryl methyl sites for hydroxylation is 1. The van der Waals surface area contributed by atoms with Crippen LogP contribution >= 0.6 is 0 Å². The Labute approximate surface area is 170 Å². The first-order valence-corrected chi connectivity index (χ1v) is 9.70. The van der Waals surface area contributed by atoms with E-state index >= 15 is 0 Å². The Balaban J connectivity index is 1.44. The summed E-state index contributed by atoms with van der Waals surface area (Å²) in [6.07, 6.45) is -0.570. The van der Waals surface area contributed by atoms with Crippen LogP contribution in [0.5, 0.6) is 5.75 Å². The SMILES string of the molecule is Cc1cccc(OC(C)C(=O)N2CCN(CC(=O)Nc3cccc(F)c3)CC2)c1. The highest BCUT2D eigenvalue weighted by molar-refractivity contribution is 5.92. The molecule has 1 atom stereocenters. The molecule has 2 amide bonds. The lowest BCUT2D eigenvalue weighted by molar-refractivity contribution is -0.139. The second kappa shape index (κ2) is 9.52. The van der Waals surface area contributed by atoms with Crippen molar-refractivity contribution in [1.82, 2.24) is 9.80 Å². The van der Waals surface area contributed by atoms with E-state index in [0.29, 0.717) is 37.6 Å². The molecule has 0 aliphatic carbocycles. The van der Waals surface area contributed by atoms with Crippen molar-refractivity contribution in [2.45, 2.75) is 20.0 Å². The van der Waals surface area contributed by atoms with Crippen LogP contribution in [-0.4, -0.2) is 60.4 Å². The van der Waals surface area contributed by atoms with Crippen LogP contribution < -0.4 is 10.1 Å². The number of nitrogens with zero attached hydrogens (tertiary/aromatic N) is 2. The predicted molar refractivity (Wildman–Crippen MR) is 109 cm³/mol. The lowest BCUT2D eigenvalue weighted by atomic mass is 10.2. The van der Waals surface area contributed by atoms with Gasteiger partial charge >= 0.3 is 0 Å². The molecule has 7 heteroatoms. The normalized spacial score (nSPS) is 15.6. The number of piperazine rings is 1. The number of benzene rings is 2. The first-order chi connectivity index (χ1) is 13.9. The highest BCUT2D eigenvalue weighted by Gasteiger charge is 2.26. The molecule has 1 N–H and O–H groups in total. The van der Waals surface area contributed by atoms with Crippen LogP contribution in [0.25, 0.3) is 0 Å². The van der Waals surface area contributed by atoms with Gasteiger partial charge in [0.05, 0.1) is 6.54 Å². The lowest BCUT2D eigenvalue weighted by Gasteiger charge is -2.35. The summed E-state index contributed by atoms with van der Waals surface area (Å²) >= 11 is 0. The lowest BCUT2D eigenvalue weighted by Crippen LogP contribution is -2.53. The van der Waals surface area contributed by atoms with Crippen molar-refractivity contribution >= 4 is 17.5 Å². The first kappa shape index (κ1) is 20.8. The van der Waals surface area contributed by atoms with Crippen molar-refractivity contribution in [3.63, 3.8) is 0 Å². The molecule has 6 nitrogen and oxygen atoms in total. The first-order valence-electron chi connectivity index (χ1n) is 9.70. The van der Waals surface area contributed by atoms with Crippen LogP contribution in [0.4, 0.5) is 10.1 Å². The van der Waals surface area contributed by atoms with E-state index in [1.807, 2.05) is 36.1 Å². The Morgan fingerprint density at radius 2 is 1.83 bits per heavy atom. The number of hydrogen-bond acceptors (Lipinski definition) is 4. The summed E-state index contributed by atoms with van der Waals surface area (Å²) in [6.45, 7) is 6.19. The molecule has 0 bridgehead atoms. The zero-order valence-corrected chi connectivity index (χ0v) is 16.7. The van der Waals surface area contributed by atoms with Gasteiger partial charge in [0.2, 0.25) is 5.91 Å². The number of rotatable bonds is 6. The number of anilines is 1. The Kier molecular flexibility index (Phi) is 6.82. The van der Waals surface area contributed by atoms with Crippen LogP contribution in [0.3, 0.4) is 0 Å². The number of ether oxygens (including phenoxy) is 1. The molecule has 1 aliphatic rings. The molecular weight excluding hydrogens is 373 g/mol. The van der Waals surface area contributed by atoms with Crippen molar-refractivity contribution < 1.29 is 18.7 Å². The largest absolute Gasteiger partial charge is 0.481 e. The summed E-state index contributed by atoms with van der Waals surface area (Å²) in [7, 11) is 0. The summed E-state index contributed by atoms with van der Waals surface area (Å²) in [4.78, 5) is 28.6. The molecular formula is C22H26FN3O3. The van der Waals surface area contributed by atoms with Gasteiger partial charge in [-0.1, -0.05) is 18.2 Å². The summed E-state index contributed by atoms with van der Waals surface area (Å²) in [6, 6.07) is 13.4. The van der Waals surface area contributed by atoms with E-state index in [9.17, 15) is 14.0 Å². The van der Waals surface area contributed by atoms with Gasteiger partial charge in [-0.2, -0.15) is 0 Å². The average molecular weight is 399 g/mol. The van der Waals surface area contributed by atoms with Gasteiger partial charge in [-0.25, -0.2) is 4.39 Å². The Morgan fingerprint density at radius 3 is 2.52 bits per heavy atom. The molecule has 0 aromatic heterocycles. The van der Waals surface area contributed by atoms with E-state index in [1.54, 1.807) is 24.0 Å². The summed E-state index contributed by atoms with van der Waals surface area (Å²) in [5.41, 5.74) is 1.51. The van der Waals surface area contributed by atoms with Gasteiger partial charge in [0.25, 0.3) is 5.91 Å². The zero-order chi connectivity index (χ0) is 20.8. The zero-order valence-electron chi connectivity index (χ0n) is 16.7. The molecule has 3 rings (SSSR count). The third kappa shape index (κ3) is 6.02. The van der Waals surface area contributed by atoms with Crippen molar-refractivity contribution in [3.8, 4) is 5.75 Å². The molecule has 0 saturated carbocycles. The molecule has 1 fully saturated rings. The van der Waals surface area contributed by atoms with Gasteiger partial charge in [0, 0.05) is 31.9 Å². The van der Waals surface area contributed by atoms with E-state index in [2.05, 4.69) is 5.32 Å². The predicted octanol–water partition coefficient (Wildman–Crippen LogP) is 2.68. The smallest absolute Gasteiger partial charge is 0.263 e. The van der Waals surface area contributed by atoms with Crippen molar-refractivity contribution in [3.05, 3.63) is 59.9 Å². The second-order valence-electron chi connectivity index (χ2n) is 7.24. The van der Waals surface area contributed by atoms with Crippen LogP contribution in [0.2, 0.25) is 0 Å². The van der Waals surface area contributed by atoms with Crippen molar-refractivity contribution in [1.29, 1.82) is 0 Å². The molecule has 2 aromatic rings. The van der Waals surface area contributed by atoms with E-state index < -0.39 is 11.9 Å². The summed E-state index contributed by atoms with van der Waals surface area (Å²) in [5, 5.41) is 2.69. The molecule has 0 radical (unpaired) electrons. The van der Waals surface area contributed by atoms with Gasteiger partial charge in [0.15, 0.2) is 6.10 Å². The Hall–Kier alpha value is -2.93. The molecule has 0 spiro atoms. The number of carbonyl (C=O) groups is 2. The van der Waals surface area contributed by atoms with Gasteiger partial charge in [0.1, 0.15) is 11.6 Å². The minimum absolute atomic E-state index is 0.0598. The summed E-state index contributed by atoms with van der Waals surface area (Å²) in [5.74, 6) is 0.0253. The van der Waals surface area contributed by atoms with Crippen molar-refractivity contribution in [2.75, 3.05) is 38.0 Å². The molecule has 1 saturated heterocycles. The molecule has 154 valence electrons. The molecule has 1 aliphatic heterocycles. The van der Waals surface area contributed by atoms with Crippen LogP contribution in [-0.2, 0) is 9.59 Å². The number of nitrogens with one attached hydrogen (secondary N) is 1. The average Bonchev–Trinajstić information content (AvgIpc) is 2.68. The number of amides is 2. The fourth-order valence-electron chi connectivity index (χ4n) is 3.30.